The predicted molar refractivity (Wildman–Crippen MR) is 142 cm³/mol. The van der Waals surface area contributed by atoms with Crippen LogP contribution in [0.4, 0.5) is 14.9 Å². The largest absolute Gasteiger partial charge is 0.481 e. The zero-order valence-electron chi connectivity index (χ0n) is 22.4. The van der Waals surface area contributed by atoms with Gasteiger partial charge in [-0.1, -0.05) is 30.3 Å². The highest BCUT2D eigenvalue weighted by atomic mass is 19.1. The molecule has 41 heavy (non-hydrogen) atoms. The fraction of sp³-hybridized carbons (Fsp3) is 0.393. The lowest BCUT2D eigenvalue weighted by molar-refractivity contribution is -0.148. The van der Waals surface area contributed by atoms with Crippen LogP contribution in [-0.2, 0) is 35.1 Å². The highest BCUT2D eigenvalue weighted by Crippen LogP contribution is 2.43. The van der Waals surface area contributed by atoms with E-state index in [1.165, 1.54) is 30.2 Å². The number of aliphatic carboxylic acids is 1. The molecule has 4 rings (SSSR count). The molecule has 2 heterocycles. The van der Waals surface area contributed by atoms with Crippen LogP contribution >= 0.6 is 0 Å². The van der Waals surface area contributed by atoms with Gasteiger partial charge in [0, 0.05) is 24.3 Å². The van der Waals surface area contributed by atoms with Gasteiger partial charge in [0.1, 0.15) is 11.9 Å². The minimum atomic E-state index is -1.27. The van der Waals surface area contributed by atoms with Crippen molar-refractivity contribution in [3.8, 4) is 0 Å². The number of urea groups is 1. The summed E-state index contributed by atoms with van der Waals surface area (Å²) < 4.78 is 24.9. The van der Waals surface area contributed by atoms with Crippen LogP contribution in [0, 0.1) is 11.7 Å². The topological polar surface area (TPSA) is 155 Å². The fourth-order valence-electron chi connectivity index (χ4n) is 5.15. The quantitative estimate of drug-likeness (QED) is 0.404. The van der Waals surface area contributed by atoms with Crippen LogP contribution in [0.15, 0.2) is 48.5 Å². The van der Waals surface area contributed by atoms with E-state index in [1.807, 2.05) is 0 Å². The predicted octanol–water partition coefficient (Wildman–Crippen LogP) is 1.56. The van der Waals surface area contributed by atoms with E-state index < -0.39 is 60.1 Å². The fourth-order valence-corrected chi connectivity index (χ4v) is 5.15. The number of ether oxygens (including phenoxy) is 2. The van der Waals surface area contributed by atoms with Crippen LogP contribution < -0.4 is 10.6 Å². The number of rotatable bonds is 8. The van der Waals surface area contributed by atoms with Crippen molar-refractivity contribution < 1.29 is 42.9 Å². The van der Waals surface area contributed by atoms with Crippen molar-refractivity contribution in [2.24, 2.45) is 5.92 Å². The molecule has 2 fully saturated rings. The van der Waals surface area contributed by atoms with Crippen LogP contribution in [0.2, 0.25) is 0 Å². The zero-order valence-corrected chi connectivity index (χ0v) is 22.4. The molecular weight excluding hydrogens is 539 g/mol. The first-order chi connectivity index (χ1) is 19.7. The van der Waals surface area contributed by atoms with Gasteiger partial charge in [0.2, 0.25) is 11.8 Å². The van der Waals surface area contributed by atoms with E-state index in [-0.39, 0.29) is 31.5 Å². The molecule has 3 unspecified atom stereocenters. The van der Waals surface area contributed by atoms with Gasteiger partial charge >= 0.3 is 18.0 Å². The van der Waals surface area contributed by atoms with Crippen molar-refractivity contribution in [1.29, 1.82) is 0 Å². The van der Waals surface area contributed by atoms with Gasteiger partial charge < -0.3 is 35.0 Å². The van der Waals surface area contributed by atoms with Crippen LogP contribution in [0.3, 0.4) is 0 Å². The Balaban J connectivity index is 1.54. The van der Waals surface area contributed by atoms with E-state index in [1.54, 1.807) is 24.3 Å². The average molecular weight is 571 g/mol. The van der Waals surface area contributed by atoms with Crippen molar-refractivity contribution in [3.63, 3.8) is 0 Å². The summed E-state index contributed by atoms with van der Waals surface area (Å²) in [6.07, 6.45) is -0.211. The number of halogens is 1. The lowest BCUT2D eigenvalue weighted by Crippen LogP contribution is -2.53. The maximum Gasteiger partial charge on any atom is 0.319 e. The van der Waals surface area contributed by atoms with Crippen LogP contribution in [0.5, 0.6) is 0 Å². The lowest BCUT2D eigenvalue weighted by Gasteiger charge is -2.35. The number of benzene rings is 2. The Morgan fingerprint density at radius 3 is 2.49 bits per heavy atom. The molecule has 12 nitrogen and oxygen atoms in total. The number of carbonyl (C=O) groups is 5. The second kappa shape index (κ2) is 13.2. The molecular formula is C28H31FN4O8. The summed E-state index contributed by atoms with van der Waals surface area (Å²) in [4.78, 5) is 66.2. The summed E-state index contributed by atoms with van der Waals surface area (Å²) in [6, 6.07) is 8.80. The second-order valence-corrected chi connectivity index (χ2v) is 9.66. The minimum absolute atomic E-state index is 0.00181. The third kappa shape index (κ3) is 6.98. The SMILES string of the molecule is COC(=O)Cc1cccc(NC(=O)NCC(=O)N2C(C(=O)N3CCOCC3)CC(C(=O)O)C2c2ccccc2F)c1. The molecule has 2 saturated heterocycles. The number of hydrogen-bond donors (Lipinski definition) is 3. The van der Waals surface area contributed by atoms with Gasteiger partial charge in [-0.2, -0.15) is 0 Å². The molecule has 0 aliphatic carbocycles. The van der Waals surface area contributed by atoms with Crippen LogP contribution in [0.1, 0.15) is 23.6 Å². The monoisotopic (exact) mass is 570 g/mol. The molecule has 0 aromatic heterocycles. The molecule has 0 saturated carbocycles. The van der Waals surface area contributed by atoms with Crippen LogP contribution in [0.25, 0.3) is 0 Å². The number of carboxylic acid groups (broad SMARTS) is 1. The first-order valence-electron chi connectivity index (χ1n) is 13.0. The van der Waals surface area contributed by atoms with Crippen molar-refractivity contribution >= 4 is 35.5 Å². The van der Waals surface area contributed by atoms with Crippen LogP contribution in [-0.4, -0.2) is 90.7 Å². The summed E-state index contributed by atoms with van der Waals surface area (Å²) in [5.41, 5.74) is 0.921. The summed E-state index contributed by atoms with van der Waals surface area (Å²) in [5.74, 6) is -4.89. The Kier molecular flexibility index (Phi) is 9.50. The van der Waals surface area contributed by atoms with Gasteiger partial charge in [0.05, 0.1) is 45.2 Å². The molecule has 2 aliphatic heterocycles. The summed E-state index contributed by atoms with van der Waals surface area (Å²) in [5, 5.41) is 15.0. The number of anilines is 1. The minimum Gasteiger partial charge on any atom is -0.481 e. The number of nitrogens with zero attached hydrogens (tertiary/aromatic N) is 2. The number of likely N-dealkylation sites (tertiary alicyclic amines) is 1. The lowest BCUT2D eigenvalue weighted by atomic mass is 9.92. The Hall–Kier alpha value is -4.52. The van der Waals surface area contributed by atoms with E-state index in [9.17, 15) is 33.5 Å². The number of esters is 1. The molecule has 3 N–H and O–H groups in total. The molecule has 13 heteroatoms. The number of nitrogens with one attached hydrogen (secondary N) is 2. The Bertz CT molecular complexity index is 1320. The van der Waals surface area contributed by atoms with E-state index in [0.717, 1.165) is 11.0 Å². The standard InChI is InChI=1S/C28H31FN4O8/c1-40-24(35)14-17-5-4-6-18(13-17)31-28(39)30-16-23(34)33-22(26(36)32-9-11-41-12-10-32)15-20(27(37)38)25(33)19-7-2-3-8-21(19)29/h2-8,13,20,22,25H,9-12,14-16H2,1H3,(H,37,38)(H2,30,31,39). The van der Waals surface area contributed by atoms with Crippen molar-refractivity contribution in [3.05, 3.63) is 65.5 Å². The molecule has 2 aliphatic rings. The van der Waals surface area contributed by atoms with E-state index in [0.29, 0.717) is 24.5 Å². The van der Waals surface area contributed by atoms with Gasteiger partial charge in [0.15, 0.2) is 0 Å². The number of amides is 4. The average Bonchev–Trinajstić information content (AvgIpc) is 3.37. The maximum absolute atomic E-state index is 14.9. The van der Waals surface area contributed by atoms with Crippen molar-refractivity contribution in [2.75, 3.05) is 45.3 Å². The van der Waals surface area contributed by atoms with Gasteiger partial charge in [-0.25, -0.2) is 9.18 Å². The van der Waals surface area contributed by atoms with Gasteiger partial charge in [-0.15, -0.1) is 0 Å². The number of carbonyl (C=O) groups excluding carboxylic acids is 4. The molecule has 4 amide bonds. The van der Waals surface area contributed by atoms with Crippen molar-refractivity contribution in [1.82, 2.24) is 15.1 Å². The van der Waals surface area contributed by atoms with Crippen molar-refractivity contribution in [2.45, 2.75) is 24.9 Å². The third-order valence-corrected chi connectivity index (χ3v) is 7.09. The second-order valence-electron chi connectivity index (χ2n) is 9.66. The summed E-state index contributed by atoms with van der Waals surface area (Å²) in [6.45, 7) is 0.560. The van der Waals surface area contributed by atoms with Gasteiger partial charge in [0.25, 0.3) is 0 Å². The number of morpholine rings is 1. The van der Waals surface area contributed by atoms with E-state index in [2.05, 4.69) is 15.4 Å². The molecule has 218 valence electrons. The van der Waals surface area contributed by atoms with Gasteiger partial charge in [-0.3, -0.25) is 19.2 Å². The maximum atomic E-state index is 14.9. The normalized spacial score (nSPS) is 20.3. The molecule has 2 aromatic rings. The number of methoxy groups -OCH3 is 1. The first-order valence-corrected chi connectivity index (χ1v) is 13.0. The highest BCUT2D eigenvalue weighted by Gasteiger charge is 2.52. The number of carboxylic acids is 1. The smallest absolute Gasteiger partial charge is 0.319 e. The molecule has 0 radical (unpaired) electrons. The molecule has 0 bridgehead atoms. The Morgan fingerprint density at radius 1 is 1.07 bits per heavy atom. The molecule has 3 atom stereocenters. The van der Waals surface area contributed by atoms with Gasteiger partial charge in [-0.05, 0) is 30.2 Å². The van der Waals surface area contributed by atoms with E-state index in [4.69, 9.17) is 4.74 Å². The highest BCUT2D eigenvalue weighted by molar-refractivity contribution is 5.95. The zero-order chi connectivity index (χ0) is 29.5. The molecule has 0 spiro atoms. The third-order valence-electron chi connectivity index (χ3n) is 7.09. The molecule has 2 aromatic carbocycles. The summed E-state index contributed by atoms with van der Waals surface area (Å²) in [7, 11) is 1.27. The van der Waals surface area contributed by atoms with E-state index >= 15 is 0 Å². The number of hydrogen-bond acceptors (Lipinski definition) is 7. The Morgan fingerprint density at radius 2 is 1.80 bits per heavy atom. The first kappa shape index (κ1) is 29.5. The summed E-state index contributed by atoms with van der Waals surface area (Å²) >= 11 is 0. The Labute approximate surface area is 235 Å².